The topological polar surface area (TPSA) is 3.24 Å². The predicted octanol–water partition coefficient (Wildman–Crippen LogP) is 3.73. The van der Waals surface area contributed by atoms with Crippen molar-refractivity contribution in [1.82, 2.24) is 4.90 Å². The zero-order valence-electron chi connectivity index (χ0n) is 10.7. The third kappa shape index (κ3) is 2.46. The molecule has 1 fully saturated rings. The third-order valence-corrected chi connectivity index (χ3v) is 3.54. The summed E-state index contributed by atoms with van der Waals surface area (Å²) in [6, 6.07) is 11.6. The molecule has 1 saturated heterocycles. The van der Waals surface area contributed by atoms with Crippen molar-refractivity contribution in [3.05, 3.63) is 35.9 Å². The quantitative estimate of drug-likeness (QED) is 0.745. The predicted molar refractivity (Wildman–Crippen MR) is 69.4 cm³/mol. The number of rotatable bonds is 3. The Kier molecular flexibility index (Phi) is 3.65. The van der Waals surface area contributed by atoms with E-state index in [1.54, 1.807) is 0 Å². The summed E-state index contributed by atoms with van der Waals surface area (Å²) in [6.07, 6.45) is 1.34. The van der Waals surface area contributed by atoms with E-state index in [9.17, 15) is 0 Å². The van der Waals surface area contributed by atoms with Crippen molar-refractivity contribution in [3.8, 4) is 0 Å². The number of hydrogen-bond donors (Lipinski definition) is 0. The van der Waals surface area contributed by atoms with Crippen LogP contribution in [0.25, 0.3) is 0 Å². The lowest BCUT2D eigenvalue weighted by Gasteiger charge is -2.28. The summed E-state index contributed by atoms with van der Waals surface area (Å²) in [6.45, 7) is 9.50. The van der Waals surface area contributed by atoms with Gasteiger partial charge in [0.2, 0.25) is 0 Å². The summed E-state index contributed by atoms with van der Waals surface area (Å²) in [4.78, 5) is 2.66. The minimum Gasteiger partial charge on any atom is -0.296 e. The summed E-state index contributed by atoms with van der Waals surface area (Å²) in [5.74, 6) is 1.55. The van der Waals surface area contributed by atoms with Crippen LogP contribution in [-0.2, 0) is 0 Å². The van der Waals surface area contributed by atoms with E-state index < -0.39 is 0 Å². The van der Waals surface area contributed by atoms with Crippen LogP contribution in [0, 0.1) is 11.8 Å². The van der Waals surface area contributed by atoms with Crippen molar-refractivity contribution in [2.24, 2.45) is 11.8 Å². The molecular weight excluding hydrogens is 194 g/mol. The summed E-state index contributed by atoms with van der Waals surface area (Å²) in [7, 11) is 0. The molecule has 16 heavy (non-hydrogen) atoms. The van der Waals surface area contributed by atoms with Gasteiger partial charge in [0.25, 0.3) is 0 Å². The largest absolute Gasteiger partial charge is 0.296 e. The number of nitrogens with zero attached hydrogens (tertiary/aromatic N) is 1. The minimum atomic E-state index is 0.642. The maximum absolute atomic E-state index is 2.66. The lowest BCUT2D eigenvalue weighted by molar-refractivity contribution is 0.209. The smallest absolute Gasteiger partial charge is 0.0374 e. The maximum Gasteiger partial charge on any atom is 0.0374 e. The highest BCUT2D eigenvalue weighted by Gasteiger charge is 2.32. The number of likely N-dealkylation sites (tertiary alicyclic amines) is 1. The number of hydrogen-bond acceptors (Lipinski definition) is 1. The van der Waals surface area contributed by atoms with E-state index in [1.807, 2.05) is 0 Å². The monoisotopic (exact) mass is 217 g/mol. The van der Waals surface area contributed by atoms with E-state index in [4.69, 9.17) is 0 Å². The Morgan fingerprint density at radius 1 is 1.25 bits per heavy atom. The van der Waals surface area contributed by atoms with E-state index in [1.165, 1.54) is 25.1 Å². The van der Waals surface area contributed by atoms with Crippen molar-refractivity contribution >= 4 is 0 Å². The standard InChI is InChI=1S/C15H23N/c1-12(2)11-16-10-9-13(3)15(16)14-7-5-4-6-8-14/h4-8,12-13,15H,9-11H2,1-3H3. The van der Waals surface area contributed by atoms with Gasteiger partial charge in [0.05, 0.1) is 0 Å². The van der Waals surface area contributed by atoms with Gasteiger partial charge in [-0.15, -0.1) is 0 Å². The molecule has 2 rings (SSSR count). The van der Waals surface area contributed by atoms with Gasteiger partial charge >= 0.3 is 0 Å². The first-order valence-electron chi connectivity index (χ1n) is 6.47. The Hall–Kier alpha value is -0.820. The summed E-state index contributed by atoms with van der Waals surface area (Å²) in [5, 5.41) is 0. The molecule has 0 amide bonds. The molecule has 0 aliphatic carbocycles. The van der Waals surface area contributed by atoms with Gasteiger partial charge in [0.15, 0.2) is 0 Å². The zero-order chi connectivity index (χ0) is 11.5. The Morgan fingerprint density at radius 2 is 1.94 bits per heavy atom. The summed E-state index contributed by atoms with van der Waals surface area (Å²) in [5.41, 5.74) is 1.49. The van der Waals surface area contributed by atoms with Crippen LogP contribution >= 0.6 is 0 Å². The first-order chi connectivity index (χ1) is 7.68. The fourth-order valence-corrected chi connectivity index (χ4v) is 2.89. The number of benzene rings is 1. The van der Waals surface area contributed by atoms with E-state index >= 15 is 0 Å². The molecule has 1 aromatic rings. The molecule has 0 aromatic heterocycles. The van der Waals surface area contributed by atoms with Gasteiger partial charge < -0.3 is 0 Å². The van der Waals surface area contributed by atoms with Gasteiger partial charge in [-0.3, -0.25) is 4.90 Å². The van der Waals surface area contributed by atoms with Crippen molar-refractivity contribution in [2.75, 3.05) is 13.1 Å². The van der Waals surface area contributed by atoms with E-state index in [-0.39, 0.29) is 0 Å². The fraction of sp³-hybridized carbons (Fsp3) is 0.600. The van der Waals surface area contributed by atoms with E-state index in [2.05, 4.69) is 56.0 Å². The van der Waals surface area contributed by atoms with Gasteiger partial charge in [-0.05, 0) is 30.4 Å². The maximum atomic E-state index is 2.66. The molecule has 1 aliphatic heterocycles. The Bertz CT molecular complexity index is 317. The Balaban J connectivity index is 2.16. The van der Waals surface area contributed by atoms with Crippen LogP contribution in [-0.4, -0.2) is 18.0 Å². The first-order valence-corrected chi connectivity index (χ1v) is 6.47. The van der Waals surface area contributed by atoms with Crippen molar-refractivity contribution in [2.45, 2.75) is 33.2 Å². The molecule has 0 bridgehead atoms. The highest BCUT2D eigenvalue weighted by atomic mass is 15.2. The minimum absolute atomic E-state index is 0.642. The molecule has 1 nitrogen and oxygen atoms in total. The molecule has 1 aromatic carbocycles. The molecule has 2 unspecified atom stereocenters. The highest BCUT2D eigenvalue weighted by molar-refractivity contribution is 5.20. The second-order valence-electron chi connectivity index (χ2n) is 5.51. The normalized spacial score (nSPS) is 26.5. The fourth-order valence-electron chi connectivity index (χ4n) is 2.89. The molecule has 0 radical (unpaired) electrons. The molecule has 0 saturated carbocycles. The van der Waals surface area contributed by atoms with Crippen LogP contribution in [0.2, 0.25) is 0 Å². The summed E-state index contributed by atoms with van der Waals surface area (Å²) < 4.78 is 0. The molecule has 0 spiro atoms. The average molecular weight is 217 g/mol. The van der Waals surface area contributed by atoms with Gasteiger partial charge in [0, 0.05) is 12.6 Å². The van der Waals surface area contributed by atoms with E-state index in [0.717, 1.165) is 11.8 Å². The van der Waals surface area contributed by atoms with Gasteiger partial charge in [0.1, 0.15) is 0 Å². The molecule has 1 aliphatic rings. The van der Waals surface area contributed by atoms with Crippen molar-refractivity contribution < 1.29 is 0 Å². The van der Waals surface area contributed by atoms with Gasteiger partial charge in [-0.25, -0.2) is 0 Å². The van der Waals surface area contributed by atoms with Crippen LogP contribution in [0.3, 0.4) is 0 Å². The average Bonchev–Trinajstić information content (AvgIpc) is 2.60. The molecule has 2 atom stereocenters. The SMILES string of the molecule is CC(C)CN1CCC(C)C1c1ccccc1. The van der Waals surface area contributed by atoms with Crippen LogP contribution in [0.1, 0.15) is 38.8 Å². The second-order valence-corrected chi connectivity index (χ2v) is 5.51. The lowest BCUT2D eigenvalue weighted by Crippen LogP contribution is -2.28. The molecule has 1 heterocycles. The highest BCUT2D eigenvalue weighted by Crippen LogP contribution is 2.36. The molecular formula is C15H23N. The van der Waals surface area contributed by atoms with Crippen LogP contribution < -0.4 is 0 Å². The van der Waals surface area contributed by atoms with Gasteiger partial charge in [-0.1, -0.05) is 51.1 Å². The van der Waals surface area contributed by atoms with Crippen molar-refractivity contribution in [3.63, 3.8) is 0 Å². The van der Waals surface area contributed by atoms with Gasteiger partial charge in [-0.2, -0.15) is 0 Å². The van der Waals surface area contributed by atoms with Crippen molar-refractivity contribution in [1.29, 1.82) is 0 Å². The molecule has 1 heteroatoms. The molecule has 88 valence electrons. The first kappa shape index (κ1) is 11.7. The second kappa shape index (κ2) is 5.01. The van der Waals surface area contributed by atoms with E-state index in [0.29, 0.717) is 6.04 Å². The van der Waals surface area contributed by atoms with Crippen LogP contribution in [0.5, 0.6) is 0 Å². The van der Waals surface area contributed by atoms with Crippen LogP contribution in [0.15, 0.2) is 30.3 Å². The Morgan fingerprint density at radius 3 is 2.56 bits per heavy atom. The zero-order valence-corrected chi connectivity index (χ0v) is 10.7. The van der Waals surface area contributed by atoms with Crippen LogP contribution in [0.4, 0.5) is 0 Å². The third-order valence-electron chi connectivity index (χ3n) is 3.54. The Labute approximate surface area is 99.5 Å². The lowest BCUT2D eigenvalue weighted by atomic mass is 9.95. The summed E-state index contributed by atoms with van der Waals surface area (Å²) >= 11 is 0. The molecule has 0 N–H and O–H groups in total.